The molecular weight excluding hydrogens is 234 g/mol. The molecule has 0 aliphatic carbocycles. The quantitative estimate of drug-likeness (QED) is 0.861. The number of hydrogen-bond acceptors (Lipinski definition) is 3. The summed E-state index contributed by atoms with van der Waals surface area (Å²) in [5, 5.41) is 4.46. The summed E-state index contributed by atoms with van der Waals surface area (Å²) in [5.41, 5.74) is 2.35. The van der Waals surface area contributed by atoms with Crippen molar-refractivity contribution in [3.63, 3.8) is 0 Å². The Kier molecular flexibility index (Phi) is 4.74. The van der Waals surface area contributed by atoms with Gasteiger partial charge in [-0.05, 0) is 32.5 Å². The number of fused-ring (bicyclic) bond motifs is 1. The molecule has 3 nitrogen and oxygen atoms in total. The third-order valence-corrected chi connectivity index (χ3v) is 3.32. The van der Waals surface area contributed by atoms with E-state index in [-0.39, 0.29) is 0 Å². The second kappa shape index (κ2) is 6.53. The van der Waals surface area contributed by atoms with Crippen LogP contribution < -0.4 is 10.2 Å². The van der Waals surface area contributed by atoms with Gasteiger partial charge in [0.15, 0.2) is 0 Å². The predicted octanol–water partition coefficient (Wildman–Crippen LogP) is 3.19. The summed E-state index contributed by atoms with van der Waals surface area (Å²) in [5.74, 6) is 1.12. The van der Waals surface area contributed by atoms with Crippen LogP contribution in [0.1, 0.15) is 25.8 Å². The summed E-state index contributed by atoms with van der Waals surface area (Å²) < 4.78 is 0. The number of pyridine rings is 1. The molecular formula is C16H23N3. The van der Waals surface area contributed by atoms with E-state index >= 15 is 0 Å². The molecule has 1 aromatic heterocycles. The molecule has 0 saturated heterocycles. The van der Waals surface area contributed by atoms with E-state index in [0.717, 1.165) is 37.4 Å². The fraction of sp³-hybridized carbons (Fsp3) is 0.438. The maximum absolute atomic E-state index is 4.87. The van der Waals surface area contributed by atoms with Crippen LogP contribution in [0.15, 0.2) is 30.3 Å². The molecule has 0 radical (unpaired) electrons. The van der Waals surface area contributed by atoms with Crippen molar-refractivity contribution in [1.29, 1.82) is 0 Å². The average Bonchev–Trinajstić information content (AvgIpc) is 2.44. The molecule has 0 atom stereocenters. The molecule has 0 aliphatic rings. The summed E-state index contributed by atoms with van der Waals surface area (Å²) in [7, 11) is 1.98. The van der Waals surface area contributed by atoms with E-state index in [9.17, 15) is 0 Å². The zero-order chi connectivity index (χ0) is 13.7. The summed E-state index contributed by atoms with van der Waals surface area (Å²) in [6, 6.07) is 10.6. The van der Waals surface area contributed by atoms with Gasteiger partial charge in [0, 0.05) is 30.6 Å². The van der Waals surface area contributed by atoms with Crippen LogP contribution in [0.3, 0.4) is 0 Å². The fourth-order valence-electron chi connectivity index (χ4n) is 2.43. The zero-order valence-corrected chi connectivity index (χ0v) is 12.1. The third kappa shape index (κ3) is 3.04. The number of benzene rings is 1. The molecule has 0 aliphatic heterocycles. The molecule has 2 rings (SSSR count). The van der Waals surface area contributed by atoms with E-state index in [0.29, 0.717) is 0 Å². The Morgan fingerprint density at radius 2 is 2.00 bits per heavy atom. The number of hydrogen-bond donors (Lipinski definition) is 1. The molecule has 1 N–H and O–H groups in total. The monoisotopic (exact) mass is 257 g/mol. The second-order valence-corrected chi connectivity index (χ2v) is 4.77. The Balaban J connectivity index is 2.51. The summed E-state index contributed by atoms with van der Waals surface area (Å²) in [6.07, 6.45) is 1.14. The third-order valence-electron chi connectivity index (χ3n) is 3.32. The Bertz CT molecular complexity index is 537. The van der Waals surface area contributed by atoms with Gasteiger partial charge in [-0.25, -0.2) is 4.98 Å². The van der Waals surface area contributed by atoms with Gasteiger partial charge >= 0.3 is 0 Å². The molecule has 3 heteroatoms. The maximum atomic E-state index is 4.87. The minimum absolute atomic E-state index is 0.855. The first-order chi connectivity index (χ1) is 9.30. The van der Waals surface area contributed by atoms with E-state index in [1.807, 2.05) is 13.1 Å². The van der Waals surface area contributed by atoms with Crippen molar-refractivity contribution in [1.82, 2.24) is 10.3 Å². The number of nitrogens with zero attached hydrogens (tertiary/aromatic N) is 2. The van der Waals surface area contributed by atoms with Gasteiger partial charge in [-0.1, -0.05) is 25.1 Å². The Morgan fingerprint density at radius 3 is 2.68 bits per heavy atom. The molecule has 1 heterocycles. The number of nitrogens with one attached hydrogen (secondary N) is 1. The standard InChI is InChI=1S/C16H23N3/c1-4-10-19(5-2)16-14(12-17-3)11-13-8-6-7-9-15(13)18-16/h6-9,11,17H,4-5,10,12H2,1-3H3. The normalized spacial score (nSPS) is 10.9. The van der Waals surface area contributed by atoms with Crippen LogP contribution in [0, 0.1) is 0 Å². The Labute approximate surface area is 115 Å². The van der Waals surface area contributed by atoms with Gasteiger partial charge in [-0.15, -0.1) is 0 Å². The van der Waals surface area contributed by atoms with E-state index in [4.69, 9.17) is 4.98 Å². The number of anilines is 1. The molecule has 0 fully saturated rings. The van der Waals surface area contributed by atoms with Crippen LogP contribution in [0.5, 0.6) is 0 Å². The van der Waals surface area contributed by atoms with Crippen molar-refractivity contribution >= 4 is 16.7 Å². The lowest BCUT2D eigenvalue weighted by atomic mass is 10.1. The van der Waals surface area contributed by atoms with Gasteiger partial charge in [-0.3, -0.25) is 0 Å². The highest BCUT2D eigenvalue weighted by Crippen LogP contribution is 2.23. The van der Waals surface area contributed by atoms with Crippen molar-refractivity contribution in [2.24, 2.45) is 0 Å². The smallest absolute Gasteiger partial charge is 0.133 e. The average molecular weight is 257 g/mol. The largest absolute Gasteiger partial charge is 0.357 e. The van der Waals surface area contributed by atoms with Gasteiger partial charge < -0.3 is 10.2 Å². The van der Waals surface area contributed by atoms with Crippen molar-refractivity contribution in [2.75, 3.05) is 25.0 Å². The van der Waals surface area contributed by atoms with Crippen molar-refractivity contribution in [3.05, 3.63) is 35.9 Å². The first kappa shape index (κ1) is 13.8. The Morgan fingerprint density at radius 1 is 1.21 bits per heavy atom. The fourth-order valence-corrected chi connectivity index (χ4v) is 2.43. The van der Waals surface area contributed by atoms with Crippen LogP contribution in [0.25, 0.3) is 10.9 Å². The molecule has 0 bridgehead atoms. The zero-order valence-electron chi connectivity index (χ0n) is 12.1. The highest BCUT2D eigenvalue weighted by Gasteiger charge is 2.12. The lowest BCUT2D eigenvalue weighted by Crippen LogP contribution is -2.26. The van der Waals surface area contributed by atoms with E-state index in [1.165, 1.54) is 10.9 Å². The lowest BCUT2D eigenvalue weighted by molar-refractivity contribution is 0.755. The van der Waals surface area contributed by atoms with Crippen LogP contribution in [0.2, 0.25) is 0 Å². The number of rotatable bonds is 6. The second-order valence-electron chi connectivity index (χ2n) is 4.77. The molecule has 0 saturated carbocycles. The van der Waals surface area contributed by atoms with Crippen LogP contribution in [0.4, 0.5) is 5.82 Å². The van der Waals surface area contributed by atoms with Crippen molar-refractivity contribution in [2.45, 2.75) is 26.8 Å². The SMILES string of the molecule is CCCN(CC)c1nc2ccccc2cc1CNC. The van der Waals surface area contributed by atoms with Gasteiger partial charge in [0.1, 0.15) is 5.82 Å². The van der Waals surface area contributed by atoms with Gasteiger partial charge in [0.05, 0.1) is 5.52 Å². The van der Waals surface area contributed by atoms with Crippen LogP contribution >= 0.6 is 0 Å². The summed E-state index contributed by atoms with van der Waals surface area (Å²) >= 11 is 0. The van der Waals surface area contributed by atoms with Crippen LogP contribution in [-0.2, 0) is 6.54 Å². The topological polar surface area (TPSA) is 28.2 Å². The molecule has 2 aromatic rings. The maximum Gasteiger partial charge on any atom is 0.133 e. The minimum atomic E-state index is 0.855. The molecule has 102 valence electrons. The van der Waals surface area contributed by atoms with Crippen molar-refractivity contribution < 1.29 is 0 Å². The highest BCUT2D eigenvalue weighted by molar-refractivity contribution is 5.81. The molecule has 0 unspecified atom stereocenters. The minimum Gasteiger partial charge on any atom is -0.357 e. The highest BCUT2D eigenvalue weighted by atomic mass is 15.2. The molecule has 0 spiro atoms. The molecule has 0 amide bonds. The van der Waals surface area contributed by atoms with Crippen molar-refractivity contribution in [3.8, 4) is 0 Å². The molecule has 19 heavy (non-hydrogen) atoms. The first-order valence-corrected chi connectivity index (χ1v) is 7.08. The van der Waals surface area contributed by atoms with Gasteiger partial charge in [0.2, 0.25) is 0 Å². The summed E-state index contributed by atoms with van der Waals surface area (Å²) in [4.78, 5) is 7.23. The Hall–Kier alpha value is -1.61. The van der Waals surface area contributed by atoms with Gasteiger partial charge in [0.25, 0.3) is 0 Å². The van der Waals surface area contributed by atoms with Gasteiger partial charge in [-0.2, -0.15) is 0 Å². The first-order valence-electron chi connectivity index (χ1n) is 7.08. The summed E-state index contributed by atoms with van der Waals surface area (Å²) in [6.45, 7) is 7.30. The van der Waals surface area contributed by atoms with E-state index in [2.05, 4.69) is 48.3 Å². The molecule has 1 aromatic carbocycles. The predicted molar refractivity (Wildman–Crippen MR) is 82.7 cm³/mol. The number of aromatic nitrogens is 1. The van der Waals surface area contributed by atoms with Crippen LogP contribution in [-0.4, -0.2) is 25.1 Å². The number of para-hydroxylation sites is 1. The van der Waals surface area contributed by atoms with E-state index < -0.39 is 0 Å². The van der Waals surface area contributed by atoms with E-state index in [1.54, 1.807) is 0 Å². The lowest BCUT2D eigenvalue weighted by Gasteiger charge is -2.24.